The van der Waals surface area contributed by atoms with Gasteiger partial charge in [-0.25, -0.2) is 0 Å². The second-order valence-electron chi connectivity index (χ2n) is 15.6. The van der Waals surface area contributed by atoms with Crippen LogP contribution in [0.5, 0.6) is 0 Å². The molecular formula is C30H52O3. The summed E-state index contributed by atoms with van der Waals surface area (Å²) in [5.74, 6) is 2.38. The molecule has 0 spiro atoms. The van der Waals surface area contributed by atoms with Gasteiger partial charge in [-0.2, -0.15) is 0 Å². The van der Waals surface area contributed by atoms with Crippen molar-refractivity contribution in [2.45, 2.75) is 125 Å². The first kappa shape index (κ1) is 24.6. The van der Waals surface area contributed by atoms with Gasteiger partial charge in [0, 0.05) is 5.41 Å². The molecule has 3 heteroatoms. The van der Waals surface area contributed by atoms with Crippen LogP contribution in [-0.4, -0.2) is 34.1 Å². The van der Waals surface area contributed by atoms with Crippen LogP contribution in [0.1, 0.15) is 113 Å². The van der Waals surface area contributed by atoms with E-state index in [2.05, 4.69) is 48.5 Å². The molecule has 0 saturated heterocycles. The molecule has 5 saturated carbocycles. The highest BCUT2D eigenvalue weighted by Crippen LogP contribution is 2.76. The number of hydrogen-bond acceptors (Lipinski definition) is 3. The number of aliphatic hydroxyl groups excluding tert-OH is 3. The average molecular weight is 461 g/mol. The van der Waals surface area contributed by atoms with Gasteiger partial charge in [0.05, 0.1) is 18.8 Å². The Morgan fingerprint density at radius 2 is 1.30 bits per heavy atom. The van der Waals surface area contributed by atoms with Crippen LogP contribution < -0.4 is 0 Å². The molecule has 3 nitrogen and oxygen atoms in total. The number of aliphatic hydroxyl groups is 3. The summed E-state index contributed by atoms with van der Waals surface area (Å²) in [6.07, 6.45) is 10.9. The van der Waals surface area contributed by atoms with E-state index in [1.807, 2.05) is 0 Å². The third kappa shape index (κ3) is 2.97. The summed E-state index contributed by atoms with van der Waals surface area (Å²) in [5, 5.41) is 32.7. The molecule has 0 bridgehead atoms. The highest BCUT2D eigenvalue weighted by molar-refractivity contribution is 5.19. The van der Waals surface area contributed by atoms with E-state index in [0.29, 0.717) is 34.5 Å². The Labute approximate surface area is 203 Å². The monoisotopic (exact) mass is 460 g/mol. The molecule has 33 heavy (non-hydrogen) atoms. The van der Waals surface area contributed by atoms with Gasteiger partial charge < -0.3 is 15.3 Å². The molecule has 5 fully saturated rings. The number of hydrogen-bond donors (Lipinski definition) is 3. The number of rotatable bonds is 1. The van der Waals surface area contributed by atoms with E-state index in [1.165, 1.54) is 32.1 Å². The Hall–Kier alpha value is -0.120. The highest BCUT2D eigenvalue weighted by atomic mass is 16.3. The summed E-state index contributed by atoms with van der Waals surface area (Å²) in [5.41, 5.74) is 0.749. The van der Waals surface area contributed by atoms with Crippen LogP contribution in [0.25, 0.3) is 0 Å². The largest absolute Gasteiger partial charge is 0.396 e. The van der Waals surface area contributed by atoms with Crippen molar-refractivity contribution >= 4 is 0 Å². The summed E-state index contributed by atoms with van der Waals surface area (Å²) in [6, 6.07) is 0. The Kier molecular flexibility index (Phi) is 5.38. The van der Waals surface area contributed by atoms with E-state index in [9.17, 15) is 15.3 Å². The number of fused-ring (bicyclic) bond motifs is 7. The van der Waals surface area contributed by atoms with Gasteiger partial charge in [-0.05, 0) is 115 Å². The van der Waals surface area contributed by atoms with Gasteiger partial charge in [-0.1, -0.05) is 48.5 Å². The molecule has 190 valence electrons. The smallest absolute Gasteiger partial charge is 0.0618 e. The zero-order valence-corrected chi connectivity index (χ0v) is 22.6. The van der Waals surface area contributed by atoms with Crippen molar-refractivity contribution in [1.82, 2.24) is 0 Å². The first-order valence-corrected chi connectivity index (χ1v) is 14.1. The molecule has 0 aromatic carbocycles. The summed E-state index contributed by atoms with van der Waals surface area (Å²) >= 11 is 0. The SMILES string of the molecule is CC1(C)CC(O)[C@]2(C)CC[C@]3(C)[C@H](CC[C@@H]4[C@@]5(C)CCC(O)C(C)(CO)C5CC[C@]43C)[C@H]2C1. The Morgan fingerprint density at radius 3 is 1.97 bits per heavy atom. The van der Waals surface area contributed by atoms with Crippen molar-refractivity contribution in [2.24, 2.45) is 56.2 Å². The Morgan fingerprint density at radius 1 is 0.606 bits per heavy atom. The van der Waals surface area contributed by atoms with Gasteiger partial charge in [0.2, 0.25) is 0 Å². The lowest BCUT2D eigenvalue weighted by atomic mass is 9.31. The predicted octanol–water partition coefficient (Wildman–Crippen LogP) is 6.19. The van der Waals surface area contributed by atoms with Crippen molar-refractivity contribution in [3.63, 3.8) is 0 Å². The molecule has 5 aliphatic carbocycles. The standard InChI is InChI=1S/C30H52O3/c1-25(2)16-20-19-8-9-22-27(4)12-11-23(32)28(5,18-31)21(27)10-13-30(22,7)29(19,6)15-14-26(20,3)24(33)17-25/h19-24,31-33H,8-18H2,1-7H3/t19-,20-,21?,22-,23?,24?,26-,27+,28?,29-,30-/m1/s1. The van der Waals surface area contributed by atoms with E-state index < -0.39 is 0 Å². The van der Waals surface area contributed by atoms with Crippen molar-refractivity contribution in [3.05, 3.63) is 0 Å². The van der Waals surface area contributed by atoms with Crippen LogP contribution in [0.3, 0.4) is 0 Å². The van der Waals surface area contributed by atoms with Crippen LogP contribution in [0, 0.1) is 56.2 Å². The normalized spacial score (nSPS) is 60.2. The zero-order valence-electron chi connectivity index (χ0n) is 22.6. The van der Waals surface area contributed by atoms with Crippen molar-refractivity contribution in [3.8, 4) is 0 Å². The third-order valence-corrected chi connectivity index (χ3v) is 13.9. The molecule has 0 radical (unpaired) electrons. The molecule has 11 atom stereocenters. The second kappa shape index (κ2) is 7.22. The van der Waals surface area contributed by atoms with E-state index in [1.54, 1.807) is 0 Å². The summed E-state index contributed by atoms with van der Waals surface area (Å²) in [6.45, 7) is 17.2. The van der Waals surface area contributed by atoms with Gasteiger partial charge in [-0.3, -0.25) is 0 Å². The highest BCUT2D eigenvalue weighted by Gasteiger charge is 2.70. The fourth-order valence-corrected chi connectivity index (χ4v) is 11.5. The van der Waals surface area contributed by atoms with Crippen LogP contribution in [0.4, 0.5) is 0 Å². The van der Waals surface area contributed by atoms with Crippen molar-refractivity contribution in [1.29, 1.82) is 0 Å². The molecule has 5 aliphatic rings. The van der Waals surface area contributed by atoms with E-state index in [-0.39, 0.29) is 40.5 Å². The van der Waals surface area contributed by atoms with Crippen molar-refractivity contribution < 1.29 is 15.3 Å². The lowest BCUT2D eigenvalue weighted by molar-refractivity contribution is -0.266. The van der Waals surface area contributed by atoms with Gasteiger partial charge in [0.25, 0.3) is 0 Å². The first-order chi connectivity index (χ1) is 15.2. The van der Waals surface area contributed by atoms with Gasteiger partial charge >= 0.3 is 0 Å². The fourth-order valence-electron chi connectivity index (χ4n) is 11.5. The van der Waals surface area contributed by atoms with Crippen LogP contribution in [-0.2, 0) is 0 Å². The van der Waals surface area contributed by atoms with Gasteiger partial charge in [0.1, 0.15) is 0 Å². The predicted molar refractivity (Wildman–Crippen MR) is 134 cm³/mol. The maximum Gasteiger partial charge on any atom is 0.0618 e. The average Bonchev–Trinajstić information content (AvgIpc) is 2.73. The Bertz CT molecular complexity index is 793. The molecular weight excluding hydrogens is 408 g/mol. The maximum atomic E-state index is 11.3. The quantitative estimate of drug-likeness (QED) is 0.437. The minimum absolute atomic E-state index is 0.0778. The van der Waals surface area contributed by atoms with Gasteiger partial charge in [-0.15, -0.1) is 0 Å². The molecule has 0 heterocycles. The van der Waals surface area contributed by atoms with Crippen LogP contribution >= 0.6 is 0 Å². The molecule has 0 aliphatic heterocycles. The molecule has 0 aromatic rings. The minimum Gasteiger partial charge on any atom is -0.396 e. The second-order valence-corrected chi connectivity index (χ2v) is 15.6. The van der Waals surface area contributed by atoms with Gasteiger partial charge in [0.15, 0.2) is 0 Å². The van der Waals surface area contributed by atoms with E-state index in [4.69, 9.17) is 0 Å². The van der Waals surface area contributed by atoms with E-state index >= 15 is 0 Å². The zero-order chi connectivity index (χ0) is 24.2. The molecule has 3 N–H and O–H groups in total. The molecule has 5 rings (SSSR count). The lowest BCUT2D eigenvalue weighted by Crippen LogP contribution is -2.68. The van der Waals surface area contributed by atoms with Crippen molar-refractivity contribution in [2.75, 3.05) is 6.61 Å². The van der Waals surface area contributed by atoms with E-state index in [0.717, 1.165) is 32.1 Å². The van der Waals surface area contributed by atoms with Crippen LogP contribution in [0.15, 0.2) is 0 Å². The molecule has 0 amide bonds. The topological polar surface area (TPSA) is 60.7 Å². The molecule has 0 aromatic heterocycles. The third-order valence-electron chi connectivity index (χ3n) is 13.9. The minimum atomic E-state index is -0.377. The fraction of sp³-hybridized carbons (Fsp3) is 1.00. The summed E-state index contributed by atoms with van der Waals surface area (Å²) < 4.78 is 0. The maximum absolute atomic E-state index is 11.3. The van der Waals surface area contributed by atoms with Crippen LogP contribution in [0.2, 0.25) is 0 Å². The lowest BCUT2D eigenvalue weighted by Gasteiger charge is -2.74. The first-order valence-electron chi connectivity index (χ1n) is 14.1. The Balaban J connectivity index is 1.53. The summed E-state index contributed by atoms with van der Waals surface area (Å²) in [7, 11) is 0. The molecule has 4 unspecified atom stereocenters. The summed E-state index contributed by atoms with van der Waals surface area (Å²) in [4.78, 5) is 0.